The number of benzene rings is 2. The molecule has 0 saturated carbocycles. The van der Waals surface area contributed by atoms with Gasteiger partial charge in [0.15, 0.2) is 17.3 Å². The summed E-state index contributed by atoms with van der Waals surface area (Å²) in [6.45, 7) is 19.0. The number of alkyl halides is 4. The van der Waals surface area contributed by atoms with E-state index in [1.54, 1.807) is 35.6 Å². The Hall–Kier alpha value is -3.62. The van der Waals surface area contributed by atoms with E-state index in [2.05, 4.69) is 41.5 Å². The number of allylic oxidation sites excluding steroid dienone is 3. The van der Waals surface area contributed by atoms with Crippen LogP contribution in [0.5, 0.6) is 11.5 Å². The SMILES string of the molecule is COCCOc1cc2oc(-c3ccc(C(C)(C)C)cc3)c(C34C(=C(F)C(F)(F)C3(F)F)C3C=C(c5ccc(C(C)(C)C)s5)SC3c3sc(C(C)(C)C)cc34)c2cc1OCCOC. The van der Waals surface area contributed by atoms with E-state index in [-0.39, 0.29) is 76.6 Å². The summed E-state index contributed by atoms with van der Waals surface area (Å²) in [6.07, 6.45) is 1.75. The molecule has 13 heteroatoms. The molecule has 3 atom stereocenters. The quantitative estimate of drug-likeness (QED) is 0.0972. The maximum atomic E-state index is 18.2. The Morgan fingerprint density at radius 3 is 1.89 bits per heavy atom. The molecule has 3 unspecified atom stereocenters. The fourth-order valence-corrected chi connectivity index (χ4v) is 12.9. The fraction of sp³-hybridized carbons (Fsp3) is 0.469. The molecule has 2 aromatic carbocycles. The molecule has 3 aliphatic rings. The lowest BCUT2D eigenvalue weighted by molar-refractivity contribution is -0.204. The van der Waals surface area contributed by atoms with E-state index in [0.717, 1.165) is 25.1 Å². The van der Waals surface area contributed by atoms with Gasteiger partial charge in [0, 0.05) is 67.1 Å². The van der Waals surface area contributed by atoms with E-state index in [9.17, 15) is 0 Å². The molecule has 0 saturated heterocycles. The Labute approximate surface area is 372 Å². The lowest BCUT2D eigenvalue weighted by Crippen LogP contribution is -2.55. The summed E-state index contributed by atoms with van der Waals surface area (Å²) in [5.41, 5.74) is -3.53. The van der Waals surface area contributed by atoms with Crippen LogP contribution in [-0.2, 0) is 31.1 Å². The molecule has 0 radical (unpaired) electrons. The monoisotopic (exact) mass is 912 g/mol. The van der Waals surface area contributed by atoms with Crippen molar-refractivity contribution in [3.8, 4) is 22.8 Å². The van der Waals surface area contributed by atoms with Crippen LogP contribution in [0, 0.1) is 5.92 Å². The van der Waals surface area contributed by atoms with Crippen LogP contribution in [0.3, 0.4) is 0 Å². The van der Waals surface area contributed by atoms with E-state index in [0.29, 0.717) is 10.4 Å². The number of hydrogen-bond donors (Lipinski definition) is 0. The number of halogens is 5. The molecule has 0 fully saturated rings. The number of thioether (sulfide) groups is 1. The normalized spacial score (nSPS) is 21.9. The third kappa shape index (κ3) is 6.98. The first kappa shape index (κ1) is 45.0. The zero-order chi connectivity index (χ0) is 44.9. The van der Waals surface area contributed by atoms with Crippen molar-refractivity contribution < 1.29 is 45.3 Å². The number of hydrogen-bond acceptors (Lipinski definition) is 8. The minimum absolute atomic E-state index is 0.0396. The van der Waals surface area contributed by atoms with Gasteiger partial charge in [-0.1, -0.05) is 92.7 Å². The van der Waals surface area contributed by atoms with Crippen LogP contribution in [0.4, 0.5) is 22.0 Å². The maximum Gasteiger partial charge on any atom is 0.362 e. The molecule has 62 heavy (non-hydrogen) atoms. The van der Waals surface area contributed by atoms with Gasteiger partial charge in [0.1, 0.15) is 30.0 Å². The molecule has 5 nitrogen and oxygen atoms in total. The van der Waals surface area contributed by atoms with E-state index in [4.69, 9.17) is 23.4 Å². The minimum atomic E-state index is -5.18. The van der Waals surface area contributed by atoms with Crippen LogP contribution in [-0.4, -0.2) is 52.5 Å². The largest absolute Gasteiger partial charge is 0.487 e. The first-order valence-electron chi connectivity index (χ1n) is 20.7. The number of methoxy groups -OCH3 is 2. The number of rotatable bonds is 11. The van der Waals surface area contributed by atoms with Crippen LogP contribution in [0.15, 0.2) is 76.5 Å². The lowest BCUT2D eigenvalue weighted by Gasteiger charge is -2.45. The van der Waals surface area contributed by atoms with Gasteiger partial charge < -0.3 is 23.4 Å². The van der Waals surface area contributed by atoms with Gasteiger partial charge >= 0.3 is 11.8 Å². The fourth-order valence-electron chi connectivity index (χ4n) is 8.75. The van der Waals surface area contributed by atoms with Crippen molar-refractivity contribution in [2.75, 3.05) is 40.6 Å². The summed E-state index contributed by atoms with van der Waals surface area (Å²) in [5.74, 6) is -13.1. The van der Waals surface area contributed by atoms with Crippen LogP contribution >= 0.6 is 34.4 Å². The van der Waals surface area contributed by atoms with Crippen molar-refractivity contribution in [3.05, 3.63) is 108 Å². The van der Waals surface area contributed by atoms with Crippen molar-refractivity contribution in [2.24, 2.45) is 5.92 Å². The molecule has 1 aliphatic heterocycles. The van der Waals surface area contributed by atoms with Gasteiger partial charge in [0.2, 0.25) is 0 Å². The van der Waals surface area contributed by atoms with Gasteiger partial charge in [0.25, 0.3) is 0 Å². The average Bonchev–Trinajstić information content (AvgIpc) is 4.02. The summed E-state index contributed by atoms with van der Waals surface area (Å²) in [5, 5.41) is -0.564. The molecule has 0 bridgehead atoms. The smallest absolute Gasteiger partial charge is 0.362 e. The van der Waals surface area contributed by atoms with Gasteiger partial charge in [-0.3, -0.25) is 0 Å². The second kappa shape index (κ2) is 15.5. The van der Waals surface area contributed by atoms with Crippen LogP contribution in [0.1, 0.15) is 104 Å². The first-order chi connectivity index (χ1) is 29.0. The zero-order valence-electron chi connectivity index (χ0n) is 36.9. The topological polar surface area (TPSA) is 50.1 Å². The Kier molecular flexibility index (Phi) is 11.3. The van der Waals surface area contributed by atoms with Crippen LogP contribution in [0.25, 0.3) is 27.2 Å². The number of fused-ring (bicyclic) bond motifs is 7. The Morgan fingerprint density at radius 2 is 1.32 bits per heavy atom. The van der Waals surface area contributed by atoms with Gasteiger partial charge in [-0.05, 0) is 57.2 Å². The molecule has 4 heterocycles. The van der Waals surface area contributed by atoms with Crippen molar-refractivity contribution in [3.63, 3.8) is 0 Å². The summed E-state index contributed by atoms with van der Waals surface area (Å²) < 4.78 is 117. The third-order valence-corrected chi connectivity index (χ3v) is 16.9. The van der Waals surface area contributed by atoms with Gasteiger partial charge in [-0.2, -0.15) is 17.6 Å². The molecule has 0 spiro atoms. The predicted molar refractivity (Wildman–Crippen MR) is 242 cm³/mol. The molecule has 5 aromatic rings. The van der Waals surface area contributed by atoms with Crippen LogP contribution in [0.2, 0.25) is 0 Å². The van der Waals surface area contributed by atoms with E-state index in [1.807, 2.05) is 45.0 Å². The summed E-state index contributed by atoms with van der Waals surface area (Å²) in [7, 11) is 3.05. The van der Waals surface area contributed by atoms with Crippen molar-refractivity contribution in [2.45, 2.75) is 101 Å². The highest BCUT2D eigenvalue weighted by Gasteiger charge is 2.82. The van der Waals surface area contributed by atoms with Gasteiger partial charge in [-0.25, -0.2) is 4.39 Å². The highest BCUT2D eigenvalue weighted by molar-refractivity contribution is 8.09. The first-order valence-corrected chi connectivity index (χ1v) is 23.2. The number of ether oxygens (including phenoxy) is 4. The van der Waals surface area contributed by atoms with Crippen molar-refractivity contribution >= 4 is 50.3 Å². The molecule has 0 amide bonds. The van der Waals surface area contributed by atoms with E-state index >= 15 is 22.0 Å². The molecule has 8 rings (SSSR count). The number of thiophene rings is 2. The molecule has 332 valence electrons. The standard InChI is InChI=1S/C49H53F5O5S3/c1-44(2,3)27-14-12-26(13-15-27)40-38(28-22-32(57-20-18-55-10)33(25-31(28)59-40)58-21-19-56-11)47-30-24-37(46(7,8)9)62-42(30)41-29(39(47)43(50)48(51,52)49(47,53)54)23-35(61-41)34-16-17-36(60-34)45(4,5)6/h12-17,22-25,29,41H,18-21H2,1-11H3. The molecule has 3 aromatic heterocycles. The Morgan fingerprint density at radius 1 is 0.710 bits per heavy atom. The summed E-state index contributed by atoms with van der Waals surface area (Å²) in [4.78, 5) is 3.95. The minimum Gasteiger partial charge on any atom is -0.487 e. The molecule has 2 aliphatic carbocycles. The maximum absolute atomic E-state index is 18.2. The van der Waals surface area contributed by atoms with Crippen molar-refractivity contribution in [1.82, 2.24) is 0 Å². The summed E-state index contributed by atoms with van der Waals surface area (Å²) >= 11 is 4.34. The summed E-state index contributed by atoms with van der Waals surface area (Å²) in [6, 6.07) is 15.9. The zero-order valence-corrected chi connectivity index (χ0v) is 39.4. The molecule has 0 N–H and O–H groups in total. The van der Waals surface area contributed by atoms with Gasteiger partial charge in [0.05, 0.1) is 18.5 Å². The third-order valence-electron chi connectivity index (χ3n) is 12.0. The van der Waals surface area contributed by atoms with E-state index in [1.165, 1.54) is 49.5 Å². The highest BCUT2D eigenvalue weighted by Crippen LogP contribution is 2.76. The highest BCUT2D eigenvalue weighted by atomic mass is 32.2. The lowest BCUT2D eigenvalue weighted by atomic mass is 9.59. The predicted octanol–water partition coefficient (Wildman–Crippen LogP) is 14.4. The Bertz CT molecular complexity index is 2580. The molecular formula is C49H53F5O5S3. The average molecular weight is 913 g/mol. The second-order valence-corrected chi connectivity index (χ2v) is 22.7. The Balaban J connectivity index is 1.50. The van der Waals surface area contributed by atoms with Crippen molar-refractivity contribution in [1.29, 1.82) is 0 Å². The van der Waals surface area contributed by atoms with Crippen LogP contribution < -0.4 is 9.47 Å². The number of furan rings is 1. The van der Waals surface area contributed by atoms with E-state index < -0.39 is 45.2 Å². The molecular weight excluding hydrogens is 860 g/mol. The second-order valence-electron chi connectivity index (χ2n) is 19.4. The van der Waals surface area contributed by atoms with Gasteiger partial charge in [-0.15, -0.1) is 34.4 Å².